The summed E-state index contributed by atoms with van der Waals surface area (Å²) in [4.78, 5) is 20.5. The summed E-state index contributed by atoms with van der Waals surface area (Å²) in [6.07, 6.45) is 1.43. The van der Waals surface area contributed by atoms with Gasteiger partial charge in [-0.2, -0.15) is 4.98 Å². The van der Waals surface area contributed by atoms with Crippen LogP contribution in [0.3, 0.4) is 0 Å². The van der Waals surface area contributed by atoms with Gasteiger partial charge in [0, 0.05) is 36.6 Å². The molecule has 0 aliphatic carbocycles. The highest BCUT2D eigenvalue weighted by atomic mass is 16.5. The van der Waals surface area contributed by atoms with Gasteiger partial charge < -0.3 is 20.5 Å². The second-order valence-corrected chi connectivity index (χ2v) is 5.77. The van der Waals surface area contributed by atoms with Crippen LogP contribution in [0.4, 0.5) is 17.5 Å². The minimum absolute atomic E-state index is 0.182. The lowest BCUT2D eigenvalue weighted by molar-refractivity contribution is 0.0918. The van der Waals surface area contributed by atoms with Crippen molar-refractivity contribution < 1.29 is 9.32 Å². The Balaban J connectivity index is 1.54. The number of anilines is 3. The minimum atomic E-state index is -0.309. The molecular weight excluding hydrogens is 332 g/mol. The molecule has 0 aliphatic rings. The third-order valence-corrected chi connectivity index (χ3v) is 3.53. The Morgan fingerprint density at radius 1 is 1.08 bits per heavy atom. The molecular formula is C18H20N6O2. The third kappa shape index (κ3) is 4.79. The number of hydrogen-bond donors (Lipinski definition) is 3. The molecule has 0 bridgehead atoms. The maximum absolute atomic E-state index is 11.7. The molecule has 8 nitrogen and oxygen atoms in total. The minimum Gasteiger partial charge on any atom is -0.352 e. The van der Waals surface area contributed by atoms with Crippen molar-refractivity contribution in [2.45, 2.75) is 13.8 Å². The quantitative estimate of drug-likeness (QED) is 0.561. The topological polar surface area (TPSA) is 105 Å². The van der Waals surface area contributed by atoms with Crippen molar-refractivity contribution in [3.05, 3.63) is 59.6 Å². The van der Waals surface area contributed by atoms with Crippen molar-refractivity contribution in [3.8, 4) is 0 Å². The van der Waals surface area contributed by atoms with Gasteiger partial charge in [0.2, 0.25) is 11.7 Å². The molecule has 0 fully saturated rings. The number of amides is 1. The highest BCUT2D eigenvalue weighted by molar-refractivity contribution is 5.91. The summed E-state index contributed by atoms with van der Waals surface area (Å²) in [5.41, 5.74) is 2.99. The van der Waals surface area contributed by atoms with E-state index in [1.54, 1.807) is 0 Å². The van der Waals surface area contributed by atoms with E-state index in [4.69, 9.17) is 4.52 Å². The average Bonchev–Trinajstić information content (AvgIpc) is 3.15. The first-order valence-electron chi connectivity index (χ1n) is 8.22. The number of aromatic nitrogens is 3. The van der Waals surface area contributed by atoms with Crippen LogP contribution in [0, 0.1) is 13.8 Å². The molecule has 8 heteroatoms. The molecule has 26 heavy (non-hydrogen) atoms. The van der Waals surface area contributed by atoms with Crippen LogP contribution in [0.5, 0.6) is 0 Å². The van der Waals surface area contributed by atoms with Crippen molar-refractivity contribution >= 4 is 23.4 Å². The standard InChI is InChI=1S/C18H20N6O2/c1-12-3-5-14(6-4-12)23-16-11-13(2)22-18(24-16)20-10-9-19-17(25)15-7-8-21-26-15/h3-8,11H,9-10H2,1-2H3,(H,19,25)(H2,20,22,23,24). The number of hydrogen-bond acceptors (Lipinski definition) is 7. The van der Waals surface area contributed by atoms with Gasteiger partial charge in [-0.05, 0) is 26.0 Å². The molecule has 0 radical (unpaired) electrons. The lowest BCUT2D eigenvalue weighted by atomic mass is 10.2. The van der Waals surface area contributed by atoms with E-state index in [-0.39, 0.29) is 11.7 Å². The number of carbonyl (C=O) groups is 1. The summed E-state index contributed by atoms with van der Waals surface area (Å²) < 4.78 is 4.79. The predicted octanol–water partition coefficient (Wildman–Crippen LogP) is 2.67. The Morgan fingerprint density at radius 2 is 1.88 bits per heavy atom. The Hall–Kier alpha value is -3.42. The number of nitrogens with one attached hydrogen (secondary N) is 3. The fourth-order valence-corrected chi connectivity index (χ4v) is 2.27. The first-order valence-corrected chi connectivity index (χ1v) is 8.22. The second-order valence-electron chi connectivity index (χ2n) is 5.77. The van der Waals surface area contributed by atoms with Gasteiger partial charge in [-0.1, -0.05) is 22.9 Å². The van der Waals surface area contributed by atoms with Gasteiger partial charge in [-0.15, -0.1) is 0 Å². The summed E-state index contributed by atoms with van der Waals surface area (Å²) in [5.74, 6) is 1.07. The normalized spacial score (nSPS) is 10.4. The van der Waals surface area contributed by atoms with E-state index in [0.717, 1.165) is 11.4 Å². The van der Waals surface area contributed by atoms with Gasteiger partial charge in [0.25, 0.3) is 5.91 Å². The molecule has 0 unspecified atom stereocenters. The van der Waals surface area contributed by atoms with Crippen LogP contribution in [0.2, 0.25) is 0 Å². The number of rotatable bonds is 7. The van der Waals surface area contributed by atoms with E-state index in [2.05, 4.69) is 31.1 Å². The van der Waals surface area contributed by atoms with Gasteiger partial charge in [-0.3, -0.25) is 4.79 Å². The van der Waals surface area contributed by atoms with Gasteiger partial charge in [-0.25, -0.2) is 4.98 Å². The Bertz CT molecular complexity index is 862. The molecule has 0 aliphatic heterocycles. The van der Waals surface area contributed by atoms with Gasteiger partial charge in [0.15, 0.2) is 0 Å². The van der Waals surface area contributed by atoms with Crippen LogP contribution in [0.1, 0.15) is 21.8 Å². The lowest BCUT2D eigenvalue weighted by Crippen LogP contribution is -2.28. The Kier molecular flexibility index (Phi) is 5.43. The van der Waals surface area contributed by atoms with E-state index in [1.165, 1.54) is 17.8 Å². The van der Waals surface area contributed by atoms with Crippen LogP contribution in [0.25, 0.3) is 0 Å². The van der Waals surface area contributed by atoms with E-state index in [9.17, 15) is 4.79 Å². The first kappa shape index (κ1) is 17.4. The third-order valence-electron chi connectivity index (χ3n) is 3.53. The first-order chi connectivity index (χ1) is 12.6. The molecule has 0 atom stereocenters. The SMILES string of the molecule is Cc1ccc(Nc2cc(C)nc(NCCNC(=O)c3ccno3)n2)cc1. The summed E-state index contributed by atoms with van der Waals surface area (Å²) in [5, 5.41) is 12.6. The molecule has 2 heterocycles. The zero-order valence-electron chi connectivity index (χ0n) is 14.6. The average molecular weight is 352 g/mol. The maximum atomic E-state index is 11.7. The maximum Gasteiger partial charge on any atom is 0.289 e. The van der Waals surface area contributed by atoms with Crippen molar-refractivity contribution in [1.82, 2.24) is 20.4 Å². The number of nitrogens with zero attached hydrogens (tertiary/aromatic N) is 3. The monoisotopic (exact) mass is 352 g/mol. The molecule has 0 spiro atoms. The van der Waals surface area contributed by atoms with Crippen molar-refractivity contribution in [2.75, 3.05) is 23.7 Å². The number of aryl methyl sites for hydroxylation is 2. The van der Waals surface area contributed by atoms with Crippen LogP contribution in [0.15, 0.2) is 47.1 Å². The van der Waals surface area contributed by atoms with Crippen molar-refractivity contribution in [1.29, 1.82) is 0 Å². The van der Waals surface area contributed by atoms with E-state index in [0.29, 0.717) is 24.9 Å². The molecule has 1 aromatic carbocycles. The number of carbonyl (C=O) groups excluding carboxylic acids is 1. The molecule has 2 aromatic heterocycles. The highest BCUT2D eigenvalue weighted by Gasteiger charge is 2.08. The van der Waals surface area contributed by atoms with Gasteiger partial charge in [0.1, 0.15) is 5.82 Å². The van der Waals surface area contributed by atoms with Crippen LogP contribution in [-0.2, 0) is 0 Å². The second kappa shape index (κ2) is 8.11. The predicted molar refractivity (Wildman–Crippen MR) is 98.6 cm³/mol. The molecule has 134 valence electrons. The van der Waals surface area contributed by atoms with E-state index >= 15 is 0 Å². The largest absolute Gasteiger partial charge is 0.352 e. The molecule has 0 saturated carbocycles. The summed E-state index contributed by atoms with van der Waals surface area (Å²) >= 11 is 0. The highest BCUT2D eigenvalue weighted by Crippen LogP contribution is 2.17. The molecule has 0 saturated heterocycles. The molecule has 1 amide bonds. The molecule has 3 aromatic rings. The van der Waals surface area contributed by atoms with E-state index in [1.807, 2.05) is 44.2 Å². The summed E-state index contributed by atoms with van der Waals surface area (Å²) in [6.45, 7) is 4.82. The Labute approximate surface area is 151 Å². The van der Waals surface area contributed by atoms with Crippen LogP contribution in [-0.4, -0.2) is 34.1 Å². The zero-order chi connectivity index (χ0) is 18.4. The fraction of sp³-hybridized carbons (Fsp3) is 0.222. The Morgan fingerprint density at radius 3 is 2.62 bits per heavy atom. The molecule has 3 rings (SSSR count). The smallest absolute Gasteiger partial charge is 0.289 e. The molecule has 3 N–H and O–H groups in total. The summed E-state index contributed by atoms with van der Waals surface area (Å²) in [6, 6.07) is 11.4. The summed E-state index contributed by atoms with van der Waals surface area (Å²) in [7, 11) is 0. The lowest BCUT2D eigenvalue weighted by Gasteiger charge is -2.10. The van der Waals surface area contributed by atoms with Crippen molar-refractivity contribution in [2.24, 2.45) is 0 Å². The zero-order valence-corrected chi connectivity index (χ0v) is 14.6. The van der Waals surface area contributed by atoms with E-state index < -0.39 is 0 Å². The van der Waals surface area contributed by atoms with Crippen LogP contribution < -0.4 is 16.0 Å². The fourth-order valence-electron chi connectivity index (χ4n) is 2.27. The van der Waals surface area contributed by atoms with Gasteiger partial charge in [0.05, 0.1) is 6.20 Å². The van der Waals surface area contributed by atoms with Crippen LogP contribution >= 0.6 is 0 Å². The number of benzene rings is 1. The van der Waals surface area contributed by atoms with Gasteiger partial charge >= 0.3 is 0 Å². The van der Waals surface area contributed by atoms with Crippen molar-refractivity contribution in [3.63, 3.8) is 0 Å².